The van der Waals surface area contributed by atoms with Gasteiger partial charge >= 0.3 is 5.97 Å². The second kappa shape index (κ2) is 11.3. The first-order chi connectivity index (χ1) is 18.1. The molecule has 1 atom stereocenters. The van der Waals surface area contributed by atoms with Crippen molar-refractivity contribution in [2.75, 3.05) is 33.3 Å². The molecule has 2 aliphatic heterocycles. The molecule has 0 bridgehead atoms. The number of methoxy groups -OCH3 is 1. The molecule has 38 heavy (non-hydrogen) atoms. The van der Waals surface area contributed by atoms with Crippen molar-refractivity contribution in [3.05, 3.63) is 70.8 Å². The van der Waals surface area contributed by atoms with E-state index in [0.29, 0.717) is 51.0 Å². The molecule has 0 aliphatic carbocycles. The van der Waals surface area contributed by atoms with Crippen LogP contribution in [-0.4, -0.2) is 72.8 Å². The minimum absolute atomic E-state index is 0.207. The van der Waals surface area contributed by atoms with E-state index in [2.05, 4.69) is 5.32 Å². The Bertz CT molecular complexity index is 1230. The van der Waals surface area contributed by atoms with E-state index in [1.54, 1.807) is 35.2 Å². The van der Waals surface area contributed by atoms with Crippen LogP contribution in [0.3, 0.4) is 0 Å². The summed E-state index contributed by atoms with van der Waals surface area (Å²) in [6.07, 6.45) is 1.65. The van der Waals surface area contributed by atoms with E-state index in [1.165, 1.54) is 25.0 Å². The summed E-state index contributed by atoms with van der Waals surface area (Å²) < 4.78 is 33.5. The predicted octanol–water partition coefficient (Wildman–Crippen LogP) is 3.09. The molecule has 1 N–H and O–H groups in total. The Balaban J connectivity index is 1.35. The Hall–Kier alpha value is -3.82. The molecule has 2 fully saturated rings. The molecule has 8 nitrogen and oxygen atoms in total. The van der Waals surface area contributed by atoms with E-state index >= 15 is 0 Å². The first-order valence-electron chi connectivity index (χ1n) is 12.6. The molecule has 2 aromatic carbocycles. The molecule has 3 amide bonds. The molecular weight excluding hydrogens is 496 g/mol. The number of carbonyl (C=O) groups is 4. The number of carbonyl (C=O) groups excluding carboxylic acids is 4. The van der Waals surface area contributed by atoms with Gasteiger partial charge in [-0.2, -0.15) is 0 Å². The Morgan fingerprint density at radius 2 is 1.61 bits per heavy atom. The maximum atomic E-state index is 14.5. The zero-order valence-electron chi connectivity index (χ0n) is 21.5. The van der Waals surface area contributed by atoms with Crippen LogP contribution in [0.5, 0.6) is 0 Å². The summed E-state index contributed by atoms with van der Waals surface area (Å²) in [5.41, 5.74) is -0.181. The van der Waals surface area contributed by atoms with Gasteiger partial charge in [-0.05, 0) is 55.4 Å². The van der Waals surface area contributed by atoms with Crippen LogP contribution in [0.1, 0.15) is 52.0 Å². The Morgan fingerprint density at radius 1 is 0.974 bits per heavy atom. The molecule has 2 aromatic rings. The maximum Gasteiger partial charge on any atom is 0.328 e. The van der Waals surface area contributed by atoms with E-state index < -0.39 is 41.0 Å². The van der Waals surface area contributed by atoms with Crippen molar-refractivity contribution in [2.24, 2.45) is 5.41 Å². The summed E-state index contributed by atoms with van der Waals surface area (Å²) in [6.45, 7) is 3.06. The quantitative estimate of drug-likeness (QED) is 0.583. The molecule has 2 aliphatic rings. The number of aryl methyl sites for hydroxylation is 1. The van der Waals surface area contributed by atoms with Crippen LogP contribution in [0.15, 0.2) is 42.5 Å². The van der Waals surface area contributed by atoms with Crippen molar-refractivity contribution in [1.82, 2.24) is 15.1 Å². The fraction of sp³-hybridized carbons (Fsp3) is 0.429. The van der Waals surface area contributed by atoms with Gasteiger partial charge in [0, 0.05) is 31.7 Å². The number of rotatable bonds is 6. The third-order valence-electron chi connectivity index (χ3n) is 7.61. The largest absolute Gasteiger partial charge is 0.467 e. The Labute approximate surface area is 219 Å². The number of esters is 1. The van der Waals surface area contributed by atoms with Crippen LogP contribution >= 0.6 is 0 Å². The second-order valence-electron chi connectivity index (χ2n) is 10.0. The van der Waals surface area contributed by atoms with Crippen molar-refractivity contribution in [2.45, 2.75) is 38.6 Å². The smallest absolute Gasteiger partial charge is 0.328 e. The summed E-state index contributed by atoms with van der Waals surface area (Å²) in [4.78, 5) is 54.0. The lowest BCUT2D eigenvalue weighted by molar-refractivity contribution is -0.146. The molecule has 0 saturated carbocycles. The van der Waals surface area contributed by atoms with E-state index in [1.807, 2.05) is 0 Å². The van der Waals surface area contributed by atoms with Gasteiger partial charge in [-0.25, -0.2) is 13.6 Å². The van der Waals surface area contributed by atoms with E-state index in [4.69, 9.17) is 4.74 Å². The summed E-state index contributed by atoms with van der Waals surface area (Å²) >= 11 is 0. The molecule has 1 spiro atoms. The molecule has 2 saturated heterocycles. The van der Waals surface area contributed by atoms with Gasteiger partial charge in [-0.3, -0.25) is 14.4 Å². The first-order valence-corrected chi connectivity index (χ1v) is 12.6. The minimum atomic E-state index is -1.13. The predicted molar refractivity (Wildman–Crippen MR) is 134 cm³/mol. The number of halogens is 2. The number of benzene rings is 2. The van der Waals surface area contributed by atoms with Crippen molar-refractivity contribution in [1.29, 1.82) is 0 Å². The average Bonchev–Trinajstić information content (AvgIpc) is 3.34. The van der Waals surface area contributed by atoms with Crippen LogP contribution < -0.4 is 5.32 Å². The highest BCUT2D eigenvalue weighted by atomic mass is 19.1. The van der Waals surface area contributed by atoms with E-state index in [-0.39, 0.29) is 23.3 Å². The fourth-order valence-corrected chi connectivity index (χ4v) is 5.22. The molecule has 0 aromatic heterocycles. The third kappa shape index (κ3) is 5.69. The number of hydrogen-bond acceptors (Lipinski definition) is 5. The number of ether oxygens (including phenoxy) is 1. The first kappa shape index (κ1) is 27.2. The number of likely N-dealkylation sites (tertiary alicyclic amines) is 2. The highest BCUT2D eigenvalue weighted by molar-refractivity contribution is 5.98. The number of nitrogens with zero attached hydrogens (tertiary/aromatic N) is 2. The minimum Gasteiger partial charge on any atom is -0.467 e. The fourth-order valence-electron chi connectivity index (χ4n) is 5.22. The van der Waals surface area contributed by atoms with Crippen molar-refractivity contribution in [3.8, 4) is 0 Å². The van der Waals surface area contributed by atoms with Crippen LogP contribution in [0.25, 0.3) is 0 Å². The normalized spacial score (nSPS) is 17.3. The number of amides is 3. The van der Waals surface area contributed by atoms with Gasteiger partial charge in [0.15, 0.2) is 0 Å². The SMILES string of the molecule is COC(=O)C(CC(=O)N1CCC2(CCN(C(=O)c3c(F)ccc(C)c3F)CC2)C1)NC(=O)c1ccccc1. The van der Waals surface area contributed by atoms with Crippen LogP contribution in [-0.2, 0) is 14.3 Å². The van der Waals surface area contributed by atoms with Crippen molar-refractivity contribution < 1.29 is 32.7 Å². The second-order valence-corrected chi connectivity index (χ2v) is 10.0. The zero-order valence-corrected chi connectivity index (χ0v) is 21.5. The molecule has 10 heteroatoms. The number of nitrogens with one attached hydrogen (secondary N) is 1. The van der Waals surface area contributed by atoms with Gasteiger partial charge in [-0.1, -0.05) is 24.3 Å². The van der Waals surface area contributed by atoms with Crippen molar-refractivity contribution in [3.63, 3.8) is 0 Å². The molecule has 202 valence electrons. The Morgan fingerprint density at radius 3 is 2.24 bits per heavy atom. The van der Waals surface area contributed by atoms with Gasteiger partial charge in [0.1, 0.15) is 23.2 Å². The lowest BCUT2D eigenvalue weighted by Crippen LogP contribution is -2.47. The summed E-state index contributed by atoms with van der Waals surface area (Å²) in [5, 5.41) is 2.59. The van der Waals surface area contributed by atoms with E-state index in [9.17, 15) is 28.0 Å². The zero-order chi connectivity index (χ0) is 27.4. The van der Waals surface area contributed by atoms with Gasteiger partial charge < -0.3 is 19.9 Å². The lowest BCUT2D eigenvalue weighted by Gasteiger charge is -2.39. The van der Waals surface area contributed by atoms with E-state index in [0.717, 1.165) is 6.07 Å². The summed E-state index contributed by atoms with van der Waals surface area (Å²) in [6, 6.07) is 9.64. The molecule has 4 rings (SSSR count). The van der Waals surface area contributed by atoms with Gasteiger partial charge in [-0.15, -0.1) is 0 Å². The number of piperidine rings is 1. The summed E-state index contributed by atoms with van der Waals surface area (Å²) in [7, 11) is 1.20. The van der Waals surface area contributed by atoms with Crippen LogP contribution in [0, 0.1) is 24.0 Å². The molecule has 1 unspecified atom stereocenters. The van der Waals surface area contributed by atoms with Crippen LogP contribution in [0.4, 0.5) is 8.78 Å². The molecule has 2 heterocycles. The topological polar surface area (TPSA) is 96.0 Å². The molecular formula is C28H31F2N3O5. The van der Waals surface area contributed by atoms with Gasteiger partial charge in [0.05, 0.1) is 13.5 Å². The average molecular weight is 528 g/mol. The summed E-state index contributed by atoms with van der Waals surface area (Å²) in [5.74, 6) is -3.86. The monoisotopic (exact) mass is 527 g/mol. The standard InChI is InChI=1S/C28H31F2N3O5/c1-18-8-9-20(29)23(24(18)30)26(36)32-13-10-28(11-14-32)12-15-33(17-28)22(34)16-21(27(37)38-2)31-25(35)19-6-4-3-5-7-19/h3-9,21H,10-17H2,1-2H3,(H,31,35). The molecule has 0 radical (unpaired) electrons. The lowest BCUT2D eigenvalue weighted by atomic mass is 9.77. The maximum absolute atomic E-state index is 14.5. The van der Waals surface area contributed by atoms with Crippen molar-refractivity contribution >= 4 is 23.7 Å². The van der Waals surface area contributed by atoms with Gasteiger partial charge in [0.2, 0.25) is 5.91 Å². The van der Waals surface area contributed by atoms with Gasteiger partial charge in [0.25, 0.3) is 11.8 Å². The third-order valence-corrected chi connectivity index (χ3v) is 7.61. The Kier molecular flexibility index (Phi) is 8.08. The number of hydrogen-bond donors (Lipinski definition) is 1. The highest BCUT2D eigenvalue weighted by Gasteiger charge is 2.43. The van der Waals surface area contributed by atoms with Crippen LogP contribution in [0.2, 0.25) is 0 Å². The highest BCUT2D eigenvalue weighted by Crippen LogP contribution is 2.41.